The number of anilines is 1. The fourth-order valence-electron chi connectivity index (χ4n) is 5.13. The molecule has 3 N–H and O–H groups in total. The third kappa shape index (κ3) is 6.63. The van der Waals surface area contributed by atoms with Crippen LogP contribution in [0.2, 0.25) is 0 Å². The van der Waals surface area contributed by atoms with Gasteiger partial charge in [-0.2, -0.15) is 5.10 Å². The fourth-order valence-corrected chi connectivity index (χ4v) is 5.13. The van der Waals surface area contributed by atoms with Crippen molar-refractivity contribution in [2.75, 3.05) is 31.9 Å². The van der Waals surface area contributed by atoms with E-state index in [4.69, 9.17) is 5.73 Å². The summed E-state index contributed by atoms with van der Waals surface area (Å²) in [6.07, 6.45) is 0.407. The zero-order chi connectivity index (χ0) is 30.2. The van der Waals surface area contributed by atoms with Crippen molar-refractivity contribution >= 4 is 23.7 Å². The number of amides is 2. The summed E-state index contributed by atoms with van der Waals surface area (Å²) in [5, 5.41) is 7.07. The number of aromatic nitrogens is 3. The summed E-state index contributed by atoms with van der Waals surface area (Å²) >= 11 is 0. The molecule has 2 aliphatic heterocycles. The molecule has 14 heteroatoms. The van der Waals surface area contributed by atoms with Crippen molar-refractivity contribution in [3.63, 3.8) is 0 Å². The molecule has 2 unspecified atom stereocenters. The second-order valence-corrected chi connectivity index (χ2v) is 11.1. The number of nitrogens with zero attached hydrogens (tertiary/aromatic N) is 5. The van der Waals surface area contributed by atoms with Gasteiger partial charge in [-0.15, -0.1) is 0 Å². The van der Waals surface area contributed by atoms with Crippen LogP contribution in [0.25, 0.3) is 16.8 Å². The predicted octanol–water partition coefficient (Wildman–Crippen LogP) is 3.84. The molecular weight excluding hydrogens is 561 g/mol. The van der Waals surface area contributed by atoms with Crippen LogP contribution >= 0.6 is 0 Å². The van der Waals surface area contributed by atoms with E-state index in [2.05, 4.69) is 15.4 Å². The lowest BCUT2D eigenvalue weighted by Crippen LogP contribution is -2.41. The van der Waals surface area contributed by atoms with Crippen LogP contribution in [0.5, 0.6) is 0 Å². The Balaban J connectivity index is 0.000000639. The Morgan fingerprint density at radius 1 is 1.10 bits per heavy atom. The number of hydrogen-bond donors (Lipinski definition) is 2. The molecule has 9 nitrogen and oxygen atoms in total. The average molecular weight is 594 g/mol. The molecule has 226 valence electrons. The first-order valence-electron chi connectivity index (χ1n) is 13.7. The van der Waals surface area contributed by atoms with E-state index in [1.807, 2.05) is 17.0 Å². The van der Waals surface area contributed by atoms with Gasteiger partial charge in [0.25, 0.3) is 11.8 Å². The van der Waals surface area contributed by atoms with Crippen LogP contribution in [0, 0.1) is 6.92 Å². The molecule has 2 amide bonds. The van der Waals surface area contributed by atoms with Gasteiger partial charge in [-0.05, 0) is 30.2 Å². The van der Waals surface area contributed by atoms with E-state index in [0.717, 1.165) is 5.56 Å². The number of hydrogen-bond acceptors (Lipinski definition) is 6. The van der Waals surface area contributed by atoms with Crippen molar-refractivity contribution in [3.05, 3.63) is 47.3 Å². The highest BCUT2D eigenvalue weighted by Gasteiger charge is 2.43. The fraction of sp³-hybridized carbons (Fsp3) is 0.500. The molecule has 3 aliphatic rings. The van der Waals surface area contributed by atoms with E-state index in [0.29, 0.717) is 40.9 Å². The molecular formula is C28H32F5N7O2. The Morgan fingerprint density at radius 3 is 2.38 bits per heavy atom. The Bertz CT molecular complexity index is 1460. The van der Waals surface area contributed by atoms with Crippen molar-refractivity contribution in [1.29, 1.82) is 0 Å². The molecule has 6 rings (SSSR count). The molecule has 2 saturated heterocycles. The highest BCUT2D eigenvalue weighted by molar-refractivity contribution is 5.97. The SMILES string of the molecule is Cc1ccc(-c2cc(CN3CCC(F)(F)CC3)c3c(N)ncnn23)cc1C(=O)NC1CN(C=O)CC1F.FC1(F)CC1. The van der Waals surface area contributed by atoms with Gasteiger partial charge in [0.2, 0.25) is 12.3 Å². The summed E-state index contributed by atoms with van der Waals surface area (Å²) in [6, 6.07) is 6.44. The lowest BCUT2D eigenvalue weighted by Gasteiger charge is -2.31. The number of halogens is 5. The van der Waals surface area contributed by atoms with Crippen LogP contribution in [0.15, 0.2) is 30.6 Å². The van der Waals surface area contributed by atoms with Gasteiger partial charge >= 0.3 is 0 Å². The van der Waals surface area contributed by atoms with Crippen LogP contribution < -0.4 is 11.1 Å². The van der Waals surface area contributed by atoms with Crippen molar-refractivity contribution in [2.45, 2.75) is 63.2 Å². The molecule has 3 aromatic rings. The molecule has 1 aromatic carbocycles. The number of fused-ring (bicyclic) bond motifs is 1. The molecule has 42 heavy (non-hydrogen) atoms. The summed E-state index contributed by atoms with van der Waals surface area (Å²) in [7, 11) is 0. The molecule has 2 aromatic heterocycles. The highest BCUT2D eigenvalue weighted by Crippen LogP contribution is 2.40. The number of nitrogens with one attached hydrogen (secondary N) is 1. The minimum atomic E-state index is -2.64. The number of nitrogen functional groups attached to an aromatic ring is 1. The third-order valence-corrected chi connectivity index (χ3v) is 7.79. The quantitative estimate of drug-likeness (QED) is 0.332. The van der Waals surface area contributed by atoms with E-state index in [1.54, 1.807) is 23.6 Å². The van der Waals surface area contributed by atoms with E-state index >= 15 is 0 Å². The number of carbonyl (C=O) groups excluding carboxylic acids is 2. The van der Waals surface area contributed by atoms with Gasteiger partial charge in [0.1, 0.15) is 18.0 Å². The zero-order valence-corrected chi connectivity index (χ0v) is 23.0. The summed E-state index contributed by atoms with van der Waals surface area (Å²) in [5.74, 6) is -5.07. The molecule has 3 fully saturated rings. The standard InChI is InChI=1S/C25H28F3N7O2.C3H4F2/c1-15-2-3-16(8-18(15)24(37)32-20-12-34(14-36)11-19(20)26)21-9-17(22-23(29)30-13-31-35(21)22)10-33-6-4-25(27,28)5-7-33;4-3(5)1-2-3/h2-3,8-9,13-14,19-20H,4-7,10-12H2,1H3,(H,32,37)(H2,29,30,31);1-2H2. The number of rotatable bonds is 6. The number of carbonyl (C=O) groups is 2. The second-order valence-electron chi connectivity index (χ2n) is 11.1. The number of aryl methyl sites for hydroxylation is 1. The first-order valence-corrected chi connectivity index (χ1v) is 13.7. The number of piperidine rings is 1. The van der Waals surface area contributed by atoms with Gasteiger partial charge in [0.15, 0.2) is 5.82 Å². The van der Waals surface area contributed by atoms with Gasteiger partial charge in [-0.1, -0.05) is 12.1 Å². The summed E-state index contributed by atoms with van der Waals surface area (Å²) < 4.78 is 65.5. The minimum Gasteiger partial charge on any atom is -0.382 e. The van der Waals surface area contributed by atoms with Gasteiger partial charge in [0, 0.05) is 63.0 Å². The minimum absolute atomic E-state index is 0.0534. The maximum Gasteiger partial charge on any atom is 0.251 e. The third-order valence-electron chi connectivity index (χ3n) is 7.79. The van der Waals surface area contributed by atoms with Crippen molar-refractivity contribution < 1.29 is 31.5 Å². The zero-order valence-electron chi connectivity index (χ0n) is 23.0. The molecule has 1 saturated carbocycles. The molecule has 0 spiro atoms. The number of alkyl halides is 5. The van der Waals surface area contributed by atoms with Crippen LogP contribution in [0.3, 0.4) is 0 Å². The van der Waals surface area contributed by atoms with Gasteiger partial charge in [-0.25, -0.2) is 31.5 Å². The number of likely N-dealkylation sites (tertiary alicyclic amines) is 2. The largest absolute Gasteiger partial charge is 0.382 e. The predicted molar refractivity (Wildman–Crippen MR) is 145 cm³/mol. The lowest BCUT2D eigenvalue weighted by molar-refractivity contribution is -0.117. The Hall–Kier alpha value is -3.81. The Morgan fingerprint density at radius 2 is 1.76 bits per heavy atom. The molecule has 1 aliphatic carbocycles. The van der Waals surface area contributed by atoms with Gasteiger partial charge < -0.3 is 16.0 Å². The van der Waals surface area contributed by atoms with Crippen molar-refractivity contribution in [2.24, 2.45) is 0 Å². The van der Waals surface area contributed by atoms with E-state index in [1.165, 1.54) is 11.2 Å². The van der Waals surface area contributed by atoms with E-state index in [-0.39, 0.29) is 57.7 Å². The molecule has 0 bridgehead atoms. The van der Waals surface area contributed by atoms with Crippen LogP contribution in [-0.2, 0) is 11.3 Å². The second kappa shape index (κ2) is 11.5. The Labute approximate surface area is 238 Å². The average Bonchev–Trinajstić information content (AvgIpc) is 3.34. The number of benzene rings is 1. The Kier molecular flexibility index (Phi) is 8.10. The maximum atomic E-state index is 14.3. The monoisotopic (exact) mass is 593 g/mol. The van der Waals surface area contributed by atoms with Crippen LogP contribution in [0.4, 0.5) is 27.8 Å². The first-order chi connectivity index (χ1) is 19.9. The first kappa shape index (κ1) is 29.7. The number of nitrogens with two attached hydrogens (primary N) is 1. The molecule has 0 radical (unpaired) electrons. The van der Waals surface area contributed by atoms with Gasteiger partial charge in [0.05, 0.1) is 18.3 Å². The highest BCUT2D eigenvalue weighted by atomic mass is 19.3. The topological polar surface area (TPSA) is 109 Å². The normalized spacial score (nSPS) is 22.9. The molecule has 4 heterocycles. The maximum absolute atomic E-state index is 14.3. The summed E-state index contributed by atoms with van der Waals surface area (Å²) in [6.45, 7) is 2.78. The summed E-state index contributed by atoms with van der Waals surface area (Å²) in [5.41, 5.74) is 9.97. The van der Waals surface area contributed by atoms with E-state index in [9.17, 15) is 31.5 Å². The smallest absolute Gasteiger partial charge is 0.251 e. The van der Waals surface area contributed by atoms with E-state index < -0.39 is 30.0 Å². The van der Waals surface area contributed by atoms with Crippen molar-refractivity contribution in [3.8, 4) is 11.3 Å². The summed E-state index contributed by atoms with van der Waals surface area (Å²) in [4.78, 5) is 31.4. The van der Waals surface area contributed by atoms with Gasteiger partial charge in [-0.3, -0.25) is 14.5 Å². The lowest BCUT2D eigenvalue weighted by atomic mass is 10.0. The molecule has 2 atom stereocenters. The van der Waals surface area contributed by atoms with Crippen LogP contribution in [0.1, 0.15) is 47.2 Å². The van der Waals surface area contributed by atoms with Crippen LogP contribution in [-0.4, -0.2) is 87.0 Å². The van der Waals surface area contributed by atoms with Crippen molar-refractivity contribution in [1.82, 2.24) is 29.7 Å².